The summed E-state index contributed by atoms with van der Waals surface area (Å²) in [5.74, 6) is 0. The van der Waals surface area contributed by atoms with Gasteiger partial charge in [-0.25, -0.2) is 0 Å². The van der Waals surface area contributed by atoms with Gasteiger partial charge < -0.3 is 18.5 Å². The fraction of sp³-hybridized carbons (Fsp3) is 0. The lowest BCUT2D eigenvalue weighted by atomic mass is 10.0. The summed E-state index contributed by atoms with van der Waals surface area (Å²) in [5.41, 5.74) is 6.70. The minimum Gasteiger partial charge on any atom is -0.755 e. The van der Waals surface area contributed by atoms with Gasteiger partial charge in [-0.05, 0) is 45.5 Å². The highest BCUT2D eigenvalue weighted by molar-refractivity contribution is 7.80. The quantitative estimate of drug-likeness (QED) is 0.208. The van der Waals surface area contributed by atoms with Gasteiger partial charge in [0.15, 0.2) is 0 Å². The Bertz CT molecular complexity index is 1320. The van der Waals surface area contributed by atoms with Gasteiger partial charge in [0.1, 0.15) is 0 Å². The molecule has 0 bridgehead atoms. The monoisotopic (exact) mass is 514 g/mol. The smallest absolute Gasteiger partial charge is 0.0524 e. The molecule has 0 aromatic heterocycles. The first-order valence-corrected chi connectivity index (χ1v) is 13.1. The highest BCUT2D eigenvalue weighted by Gasteiger charge is 2.01. The Morgan fingerprint density at radius 1 is 0.500 bits per heavy atom. The van der Waals surface area contributed by atoms with Gasteiger partial charge in [-0.2, -0.15) is 0 Å². The van der Waals surface area contributed by atoms with E-state index in [4.69, 9.17) is 0 Å². The molecule has 0 aliphatic rings. The van der Waals surface area contributed by atoms with Crippen molar-refractivity contribution in [2.75, 3.05) is 9.44 Å². The minimum absolute atomic E-state index is 0.521. The van der Waals surface area contributed by atoms with Crippen LogP contribution >= 0.6 is 0 Å². The molecule has 0 radical (unpaired) electrons. The largest absolute Gasteiger partial charge is 0.755 e. The second kappa shape index (κ2) is 12.2. The van der Waals surface area contributed by atoms with E-state index in [0.29, 0.717) is 11.4 Å². The molecule has 4 aromatic carbocycles. The van der Waals surface area contributed by atoms with E-state index in [1.807, 2.05) is 97.1 Å². The zero-order chi connectivity index (χ0) is 25.3. The van der Waals surface area contributed by atoms with Gasteiger partial charge >= 0.3 is 0 Å². The van der Waals surface area contributed by atoms with E-state index in [2.05, 4.69) is 9.44 Å². The Kier molecular flexibility index (Phi) is 8.59. The van der Waals surface area contributed by atoms with Crippen LogP contribution in [0.2, 0.25) is 0 Å². The maximum Gasteiger partial charge on any atom is 0.0524 e. The Morgan fingerprint density at radius 3 is 1.22 bits per heavy atom. The van der Waals surface area contributed by atoms with E-state index in [0.717, 1.165) is 33.4 Å². The van der Waals surface area contributed by atoms with Crippen LogP contribution in [0.5, 0.6) is 0 Å². The molecule has 0 amide bonds. The highest BCUT2D eigenvalue weighted by Crippen LogP contribution is 2.24. The molecule has 2 N–H and O–H groups in total. The number of hydrogen-bond acceptors (Lipinski definition) is 4. The van der Waals surface area contributed by atoms with Crippen molar-refractivity contribution in [3.63, 3.8) is 0 Å². The third-order valence-electron chi connectivity index (χ3n) is 5.37. The van der Waals surface area contributed by atoms with Gasteiger partial charge in [-0.15, -0.1) is 0 Å². The van der Waals surface area contributed by atoms with Crippen LogP contribution in [-0.4, -0.2) is 17.5 Å². The summed E-state index contributed by atoms with van der Waals surface area (Å²) in [6, 6.07) is 30.5. The molecule has 182 valence electrons. The summed E-state index contributed by atoms with van der Waals surface area (Å²) >= 11 is -4.76. The zero-order valence-electron chi connectivity index (χ0n) is 19.0. The number of nitrogens with one attached hydrogen (secondary N) is 2. The molecule has 36 heavy (non-hydrogen) atoms. The molecule has 0 aliphatic heterocycles. The van der Waals surface area contributed by atoms with E-state index in [1.165, 1.54) is 0 Å². The molecule has 4 aromatic rings. The number of benzene rings is 4. The van der Waals surface area contributed by atoms with Gasteiger partial charge in [0, 0.05) is 22.5 Å². The van der Waals surface area contributed by atoms with Crippen LogP contribution in [0.15, 0.2) is 97.1 Å². The van der Waals surface area contributed by atoms with Crippen molar-refractivity contribution >= 4 is 58.2 Å². The minimum atomic E-state index is -2.38. The second-order valence-electron chi connectivity index (χ2n) is 7.76. The topological polar surface area (TPSA) is 104 Å². The van der Waals surface area contributed by atoms with Gasteiger partial charge in [0.25, 0.3) is 0 Å². The third-order valence-corrected chi connectivity index (χ3v) is 6.15. The summed E-state index contributed by atoms with van der Waals surface area (Å²) in [4.78, 5) is 0. The van der Waals surface area contributed by atoms with E-state index in [-0.39, 0.29) is 0 Å². The molecule has 4 rings (SSSR count). The van der Waals surface area contributed by atoms with Crippen LogP contribution < -0.4 is 9.44 Å². The normalized spacial score (nSPS) is 13.1. The van der Waals surface area contributed by atoms with Crippen molar-refractivity contribution in [3.05, 3.63) is 119 Å². The lowest BCUT2D eigenvalue weighted by Gasteiger charge is -2.11. The fourth-order valence-corrected chi connectivity index (χ4v) is 4.33. The van der Waals surface area contributed by atoms with Crippen LogP contribution in [0.25, 0.3) is 35.4 Å². The standard InChI is InChI=1S/C28H24N2O4S2/c31-35(32)29-27-7-3-1-5-25(27)19-13-21-9-15-23(16-10-21)24-17-11-22(12-18-24)14-20-26-6-2-4-8-28(26)30-36(33)34/h1-20,29-30H,(H,31,32)(H,33,34)/p-2. The molecular formula is C28H22N2O4S2-2. The molecule has 2 atom stereocenters. The lowest BCUT2D eigenvalue weighted by Crippen LogP contribution is -2.03. The molecule has 0 saturated carbocycles. The fourth-order valence-electron chi connectivity index (χ4n) is 3.60. The highest BCUT2D eigenvalue weighted by atomic mass is 32.2. The first-order valence-electron chi connectivity index (χ1n) is 10.9. The van der Waals surface area contributed by atoms with Crippen LogP contribution in [0.3, 0.4) is 0 Å². The van der Waals surface area contributed by atoms with Crippen molar-refractivity contribution in [2.45, 2.75) is 0 Å². The molecular weight excluding hydrogens is 492 g/mol. The summed E-state index contributed by atoms with van der Waals surface area (Å²) in [6.07, 6.45) is 7.60. The Balaban J connectivity index is 1.44. The molecule has 8 heteroatoms. The Labute approximate surface area is 215 Å². The maximum atomic E-state index is 11.0. The van der Waals surface area contributed by atoms with E-state index in [9.17, 15) is 17.5 Å². The van der Waals surface area contributed by atoms with Crippen LogP contribution in [0.1, 0.15) is 22.3 Å². The van der Waals surface area contributed by atoms with Crippen LogP contribution in [-0.2, 0) is 22.5 Å². The Hall–Kier alpha value is -3.82. The Morgan fingerprint density at radius 2 is 0.861 bits per heavy atom. The third kappa shape index (κ3) is 7.10. The number of hydrogen-bond donors (Lipinski definition) is 2. The number of rotatable bonds is 9. The van der Waals surface area contributed by atoms with Crippen molar-refractivity contribution in [2.24, 2.45) is 0 Å². The van der Waals surface area contributed by atoms with Gasteiger partial charge in [0.05, 0.1) is 11.4 Å². The first-order chi connectivity index (χ1) is 17.5. The maximum absolute atomic E-state index is 11.0. The van der Waals surface area contributed by atoms with E-state index < -0.39 is 22.5 Å². The molecule has 6 nitrogen and oxygen atoms in total. The second-order valence-corrected chi connectivity index (χ2v) is 9.11. The van der Waals surface area contributed by atoms with Crippen molar-refractivity contribution in [3.8, 4) is 11.1 Å². The lowest BCUT2D eigenvalue weighted by molar-refractivity contribution is 0.541. The summed E-state index contributed by atoms with van der Waals surface area (Å²) in [6.45, 7) is 0. The summed E-state index contributed by atoms with van der Waals surface area (Å²) in [5, 5.41) is 0. The molecule has 0 heterocycles. The van der Waals surface area contributed by atoms with Crippen molar-refractivity contribution < 1.29 is 17.5 Å². The zero-order valence-corrected chi connectivity index (χ0v) is 20.6. The van der Waals surface area contributed by atoms with Crippen molar-refractivity contribution in [1.29, 1.82) is 0 Å². The summed E-state index contributed by atoms with van der Waals surface area (Å²) < 4.78 is 48.7. The molecule has 0 spiro atoms. The van der Waals surface area contributed by atoms with Gasteiger partial charge in [-0.3, -0.25) is 8.42 Å². The molecule has 2 unspecified atom stereocenters. The predicted octanol–water partition coefficient (Wildman–Crippen LogP) is 6.11. The van der Waals surface area contributed by atoms with Crippen LogP contribution in [0, 0.1) is 0 Å². The molecule has 0 saturated heterocycles. The molecule has 0 aliphatic carbocycles. The van der Waals surface area contributed by atoms with Gasteiger partial charge in [-0.1, -0.05) is 109 Å². The van der Waals surface area contributed by atoms with Crippen LogP contribution in [0.4, 0.5) is 11.4 Å². The number of para-hydroxylation sites is 2. The predicted molar refractivity (Wildman–Crippen MR) is 148 cm³/mol. The van der Waals surface area contributed by atoms with Gasteiger partial charge in [0.2, 0.25) is 0 Å². The SMILES string of the molecule is O=S([O-])Nc1ccccc1C=Cc1ccc(-c2ccc(C=Cc3ccccc3NS(=O)[O-])cc2)cc1. The average molecular weight is 515 g/mol. The van der Waals surface area contributed by atoms with E-state index in [1.54, 1.807) is 24.3 Å². The van der Waals surface area contributed by atoms with Crippen molar-refractivity contribution in [1.82, 2.24) is 0 Å². The number of anilines is 2. The molecule has 0 fully saturated rings. The summed E-state index contributed by atoms with van der Waals surface area (Å²) in [7, 11) is 0. The first kappa shape index (κ1) is 25.3. The average Bonchev–Trinajstić information content (AvgIpc) is 2.88. The van der Waals surface area contributed by atoms with E-state index >= 15 is 0 Å².